The molecule has 2 aromatic carbocycles. The third kappa shape index (κ3) is 6.43. The lowest BCUT2D eigenvalue weighted by atomic mass is 10.1. The first-order valence-electron chi connectivity index (χ1n) is 11.1. The molecule has 33 heavy (non-hydrogen) atoms. The molecule has 1 amide bonds. The van der Waals surface area contributed by atoms with Crippen LogP contribution >= 0.6 is 23.4 Å². The van der Waals surface area contributed by atoms with Crippen LogP contribution in [0.3, 0.4) is 0 Å². The number of nitrogens with zero attached hydrogens (tertiary/aromatic N) is 2. The Morgan fingerprint density at radius 2 is 1.91 bits per heavy atom. The molecular weight excluding hydrogens is 460 g/mol. The normalized spacial score (nSPS) is 18.1. The molecule has 178 valence electrons. The molecule has 0 aliphatic carbocycles. The molecular formula is C25H31ClN2O4S. The van der Waals surface area contributed by atoms with E-state index in [1.807, 2.05) is 62.3 Å². The first kappa shape index (κ1) is 25.4. The number of benzene rings is 2. The van der Waals surface area contributed by atoms with Gasteiger partial charge < -0.3 is 19.3 Å². The average Bonchev–Trinajstić information content (AvgIpc) is 2.90. The van der Waals surface area contributed by atoms with Gasteiger partial charge in [0.2, 0.25) is 0 Å². The van der Waals surface area contributed by atoms with E-state index in [4.69, 9.17) is 21.1 Å². The Bertz CT molecular complexity index is 967. The number of carbonyl (C=O) groups is 2. The molecule has 0 bridgehead atoms. The minimum absolute atomic E-state index is 0.226. The Morgan fingerprint density at radius 1 is 1.18 bits per heavy atom. The zero-order valence-electron chi connectivity index (χ0n) is 19.5. The molecule has 0 spiro atoms. The Balaban J connectivity index is 2.06. The van der Waals surface area contributed by atoms with Crippen LogP contribution < -0.4 is 9.64 Å². The number of amides is 1. The van der Waals surface area contributed by atoms with E-state index in [2.05, 4.69) is 0 Å². The van der Waals surface area contributed by atoms with Crippen molar-refractivity contribution in [2.24, 2.45) is 0 Å². The second-order valence-electron chi connectivity index (χ2n) is 8.23. The van der Waals surface area contributed by atoms with Crippen LogP contribution in [0.15, 0.2) is 47.4 Å². The number of esters is 1. The van der Waals surface area contributed by atoms with Gasteiger partial charge in [-0.3, -0.25) is 9.59 Å². The van der Waals surface area contributed by atoms with Crippen LogP contribution in [0.2, 0.25) is 5.02 Å². The van der Waals surface area contributed by atoms with Crippen LogP contribution in [0.1, 0.15) is 37.0 Å². The van der Waals surface area contributed by atoms with Crippen molar-refractivity contribution in [3.8, 4) is 5.75 Å². The summed E-state index contributed by atoms with van der Waals surface area (Å²) in [7, 11) is 5.53. The number of halogens is 1. The third-order valence-electron chi connectivity index (χ3n) is 5.46. The molecule has 1 heterocycles. The molecule has 1 aliphatic heterocycles. The summed E-state index contributed by atoms with van der Waals surface area (Å²) in [5.41, 5.74) is 1.66. The Labute approximate surface area is 205 Å². The fraction of sp³-hybridized carbons (Fsp3) is 0.440. The summed E-state index contributed by atoms with van der Waals surface area (Å²) in [5.74, 6) is 0.137. The van der Waals surface area contributed by atoms with Crippen LogP contribution in [0.25, 0.3) is 0 Å². The lowest BCUT2D eigenvalue weighted by molar-refractivity contribution is -0.155. The number of likely N-dealkylation sites (N-methyl/N-ethyl adjacent to an activating group) is 1. The highest BCUT2D eigenvalue weighted by Crippen LogP contribution is 2.47. The lowest BCUT2D eigenvalue weighted by Gasteiger charge is -2.28. The molecule has 3 rings (SSSR count). The molecule has 0 radical (unpaired) electrons. The van der Waals surface area contributed by atoms with Crippen molar-refractivity contribution in [3.63, 3.8) is 0 Å². The lowest BCUT2D eigenvalue weighted by Crippen LogP contribution is -2.45. The number of thioether (sulfide) groups is 1. The van der Waals surface area contributed by atoms with Crippen LogP contribution in [0.5, 0.6) is 5.75 Å². The standard InChI is InChI=1S/C25H31ClN2O4S/c1-5-6-7-22(29)32-23-24(17-8-11-19(31-4)12-9-17)33-21-16-18(26)10-13-20(21)28(25(23)30)15-14-27(2)3/h8-13,16,23-24H,5-7,14-15H2,1-4H3/t23-,24+/m1/s1. The predicted octanol–water partition coefficient (Wildman–Crippen LogP) is 5.19. The SMILES string of the molecule is CCCCC(=O)O[C@H]1C(=O)N(CCN(C)C)c2ccc(Cl)cc2S[C@H]1c1ccc(OC)cc1. The molecule has 2 aromatic rings. The molecule has 0 fully saturated rings. The first-order valence-corrected chi connectivity index (χ1v) is 12.4. The summed E-state index contributed by atoms with van der Waals surface area (Å²) in [4.78, 5) is 31.2. The minimum Gasteiger partial charge on any atom is -0.497 e. The molecule has 0 N–H and O–H groups in total. The number of fused-ring (bicyclic) bond motifs is 1. The Morgan fingerprint density at radius 3 is 2.55 bits per heavy atom. The molecule has 0 saturated heterocycles. The van der Waals surface area contributed by atoms with E-state index in [1.54, 1.807) is 18.1 Å². The van der Waals surface area contributed by atoms with Crippen molar-refractivity contribution in [1.82, 2.24) is 4.90 Å². The average molecular weight is 491 g/mol. The monoisotopic (exact) mass is 490 g/mol. The molecule has 0 aromatic heterocycles. The highest BCUT2D eigenvalue weighted by atomic mass is 35.5. The number of ether oxygens (including phenoxy) is 2. The third-order valence-corrected chi connectivity index (χ3v) is 7.05. The summed E-state index contributed by atoms with van der Waals surface area (Å²) in [5, 5.41) is 0.170. The van der Waals surface area contributed by atoms with Gasteiger partial charge in [-0.2, -0.15) is 0 Å². The van der Waals surface area contributed by atoms with Crippen molar-refractivity contribution < 1.29 is 19.1 Å². The highest BCUT2D eigenvalue weighted by Gasteiger charge is 2.41. The molecule has 6 nitrogen and oxygen atoms in total. The van der Waals surface area contributed by atoms with Crippen molar-refractivity contribution in [1.29, 1.82) is 0 Å². The van der Waals surface area contributed by atoms with Gasteiger partial charge in [-0.15, -0.1) is 11.8 Å². The van der Waals surface area contributed by atoms with Crippen LogP contribution in [0.4, 0.5) is 5.69 Å². The molecule has 0 unspecified atom stereocenters. The smallest absolute Gasteiger partial charge is 0.306 e. The summed E-state index contributed by atoms with van der Waals surface area (Å²) in [6.07, 6.45) is 0.932. The number of anilines is 1. The van der Waals surface area contributed by atoms with Gasteiger partial charge in [0, 0.05) is 29.4 Å². The maximum atomic E-state index is 13.9. The molecule has 0 saturated carbocycles. The van der Waals surface area contributed by atoms with Gasteiger partial charge in [0.15, 0.2) is 6.10 Å². The van der Waals surface area contributed by atoms with Crippen LogP contribution in [-0.4, -0.2) is 57.2 Å². The summed E-state index contributed by atoms with van der Waals surface area (Å²) >= 11 is 7.82. The van der Waals surface area contributed by atoms with E-state index < -0.39 is 11.4 Å². The van der Waals surface area contributed by atoms with Crippen molar-refractivity contribution >= 4 is 40.9 Å². The van der Waals surface area contributed by atoms with Crippen molar-refractivity contribution in [2.75, 3.05) is 39.2 Å². The maximum absolute atomic E-state index is 13.9. The van der Waals surface area contributed by atoms with Crippen LogP contribution in [0, 0.1) is 0 Å². The van der Waals surface area contributed by atoms with E-state index in [0.717, 1.165) is 34.7 Å². The zero-order valence-corrected chi connectivity index (χ0v) is 21.1. The topological polar surface area (TPSA) is 59.1 Å². The number of unbranched alkanes of at least 4 members (excludes halogenated alkanes) is 1. The van der Waals surface area contributed by atoms with Crippen molar-refractivity contribution in [2.45, 2.75) is 42.4 Å². The second kappa shape index (κ2) is 11.8. The quantitative estimate of drug-likeness (QED) is 0.451. The fourth-order valence-corrected chi connectivity index (χ4v) is 5.20. The van der Waals surface area contributed by atoms with Gasteiger partial charge >= 0.3 is 5.97 Å². The number of rotatable bonds is 9. The van der Waals surface area contributed by atoms with Crippen molar-refractivity contribution in [3.05, 3.63) is 53.1 Å². The summed E-state index contributed by atoms with van der Waals surface area (Å²) in [6, 6.07) is 13.0. The second-order valence-corrected chi connectivity index (χ2v) is 9.85. The predicted molar refractivity (Wildman–Crippen MR) is 133 cm³/mol. The van der Waals surface area contributed by atoms with Gasteiger partial charge in [0.05, 0.1) is 18.0 Å². The van der Waals surface area contributed by atoms with Gasteiger partial charge in [-0.05, 0) is 56.4 Å². The fourth-order valence-electron chi connectivity index (χ4n) is 3.61. The van der Waals surface area contributed by atoms with E-state index in [1.165, 1.54) is 11.8 Å². The van der Waals surface area contributed by atoms with E-state index >= 15 is 0 Å². The number of carbonyl (C=O) groups excluding carboxylic acids is 2. The number of methoxy groups -OCH3 is 1. The molecule has 1 aliphatic rings. The largest absolute Gasteiger partial charge is 0.497 e. The van der Waals surface area contributed by atoms with Gasteiger partial charge in [-0.1, -0.05) is 37.1 Å². The van der Waals surface area contributed by atoms with Gasteiger partial charge in [0.25, 0.3) is 5.91 Å². The Hall–Kier alpha value is -2.22. The number of hydrogen-bond acceptors (Lipinski definition) is 6. The van der Waals surface area contributed by atoms with Gasteiger partial charge in [0.1, 0.15) is 5.75 Å². The highest BCUT2D eigenvalue weighted by molar-refractivity contribution is 7.99. The maximum Gasteiger partial charge on any atom is 0.306 e. The van der Waals surface area contributed by atoms with Crippen LogP contribution in [-0.2, 0) is 14.3 Å². The zero-order chi connectivity index (χ0) is 24.0. The minimum atomic E-state index is -0.957. The van der Waals surface area contributed by atoms with Gasteiger partial charge in [-0.25, -0.2) is 0 Å². The Kier molecular flexibility index (Phi) is 9.06. The molecule has 8 heteroatoms. The number of hydrogen-bond donors (Lipinski definition) is 0. The van der Waals surface area contributed by atoms with E-state index in [9.17, 15) is 9.59 Å². The van der Waals surface area contributed by atoms with E-state index in [0.29, 0.717) is 18.1 Å². The summed E-state index contributed by atoms with van der Waals surface area (Å²) < 4.78 is 11.2. The summed E-state index contributed by atoms with van der Waals surface area (Å²) in [6.45, 7) is 3.16. The van der Waals surface area contributed by atoms with E-state index in [-0.39, 0.29) is 18.3 Å². The first-order chi connectivity index (χ1) is 15.8. The molecule has 2 atom stereocenters.